The Morgan fingerprint density at radius 2 is 1.79 bits per heavy atom. The lowest BCUT2D eigenvalue weighted by molar-refractivity contribution is -0.384. The number of anilines is 1. The van der Waals surface area contributed by atoms with Crippen molar-refractivity contribution in [2.45, 2.75) is 25.2 Å². The normalized spacial score (nSPS) is 15.0. The van der Waals surface area contributed by atoms with Crippen LogP contribution in [0.15, 0.2) is 52.5 Å². The van der Waals surface area contributed by atoms with Crippen LogP contribution >= 0.6 is 0 Å². The van der Waals surface area contributed by atoms with E-state index in [4.69, 9.17) is 0 Å². The van der Waals surface area contributed by atoms with Gasteiger partial charge >= 0.3 is 0 Å². The van der Waals surface area contributed by atoms with E-state index in [0.717, 1.165) is 6.07 Å². The number of hydrogen-bond acceptors (Lipinski definition) is 7. The predicted octanol–water partition coefficient (Wildman–Crippen LogP) is 3.03. The fourth-order valence-corrected chi connectivity index (χ4v) is 4.66. The third kappa shape index (κ3) is 3.89. The van der Waals surface area contributed by atoms with Gasteiger partial charge in [0.15, 0.2) is 5.78 Å². The fourth-order valence-electron chi connectivity index (χ4n) is 3.18. The molecular formula is C19H20N4O5S. The van der Waals surface area contributed by atoms with E-state index < -0.39 is 20.6 Å². The number of carbonyl (C=O) groups is 1. The maximum Gasteiger partial charge on any atom is 0.295 e. The molecule has 3 rings (SSSR count). The van der Waals surface area contributed by atoms with Crippen molar-refractivity contribution in [1.29, 1.82) is 0 Å². The molecule has 1 N–H and O–H groups in total. The molecule has 152 valence electrons. The molecular weight excluding hydrogens is 396 g/mol. The van der Waals surface area contributed by atoms with Gasteiger partial charge in [0, 0.05) is 30.3 Å². The van der Waals surface area contributed by atoms with Gasteiger partial charge < -0.3 is 0 Å². The first kappa shape index (κ1) is 20.6. The zero-order valence-corrected chi connectivity index (χ0v) is 16.8. The summed E-state index contributed by atoms with van der Waals surface area (Å²) < 4.78 is 26.5. The molecule has 0 aromatic heterocycles. The number of Topliss-reactive ketones (excluding diaryl/α,β-unsaturated/α-hetero) is 1. The highest BCUT2D eigenvalue weighted by molar-refractivity contribution is 7.89. The van der Waals surface area contributed by atoms with Crippen molar-refractivity contribution >= 4 is 32.9 Å². The summed E-state index contributed by atoms with van der Waals surface area (Å²) in [5.74, 6) is -0.0729. The zero-order chi connectivity index (χ0) is 21.2. The van der Waals surface area contributed by atoms with Gasteiger partial charge in [-0.1, -0.05) is 38.1 Å². The SMILES string of the molecule is CCN(CC)S(=O)(=O)c1ccc(N/N=C2/CC(=O)c3ccccc32)c([N+](=O)[O-])c1. The number of rotatable bonds is 7. The quantitative estimate of drug-likeness (QED) is 0.547. The van der Waals surface area contributed by atoms with Gasteiger partial charge in [0.25, 0.3) is 5.69 Å². The van der Waals surface area contributed by atoms with Crippen LogP contribution in [0.1, 0.15) is 36.2 Å². The van der Waals surface area contributed by atoms with Crippen molar-refractivity contribution in [2.24, 2.45) is 5.10 Å². The highest BCUT2D eigenvalue weighted by Gasteiger charge is 2.27. The summed E-state index contributed by atoms with van der Waals surface area (Å²) >= 11 is 0. The van der Waals surface area contributed by atoms with Gasteiger partial charge in [-0.05, 0) is 12.1 Å². The largest absolute Gasteiger partial charge is 0.295 e. The highest BCUT2D eigenvalue weighted by Crippen LogP contribution is 2.30. The molecule has 0 unspecified atom stereocenters. The van der Waals surface area contributed by atoms with Crippen LogP contribution in [0.4, 0.5) is 11.4 Å². The monoisotopic (exact) mass is 416 g/mol. The average Bonchev–Trinajstić information content (AvgIpc) is 3.03. The van der Waals surface area contributed by atoms with Gasteiger partial charge in [0.2, 0.25) is 10.0 Å². The molecule has 10 heteroatoms. The second-order valence-corrected chi connectivity index (χ2v) is 8.28. The van der Waals surface area contributed by atoms with E-state index in [1.54, 1.807) is 38.1 Å². The summed E-state index contributed by atoms with van der Waals surface area (Å²) in [5, 5.41) is 15.7. The Balaban J connectivity index is 1.96. The molecule has 0 atom stereocenters. The van der Waals surface area contributed by atoms with Crippen molar-refractivity contribution in [2.75, 3.05) is 18.5 Å². The van der Waals surface area contributed by atoms with Crippen LogP contribution in [-0.2, 0) is 10.0 Å². The van der Waals surface area contributed by atoms with Crippen LogP contribution < -0.4 is 5.43 Å². The van der Waals surface area contributed by atoms with Gasteiger partial charge in [-0.15, -0.1) is 0 Å². The maximum atomic E-state index is 12.6. The lowest BCUT2D eigenvalue weighted by Gasteiger charge is -2.18. The molecule has 1 aliphatic rings. The van der Waals surface area contributed by atoms with E-state index in [-0.39, 0.29) is 35.9 Å². The summed E-state index contributed by atoms with van der Waals surface area (Å²) in [5.41, 5.74) is 3.95. The number of sulfonamides is 1. The number of benzene rings is 2. The van der Waals surface area contributed by atoms with Crippen molar-refractivity contribution in [3.8, 4) is 0 Å². The molecule has 0 fully saturated rings. The van der Waals surface area contributed by atoms with Crippen LogP contribution in [-0.4, -0.2) is 42.2 Å². The Labute approximate surface area is 168 Å². The number of hydrazone groups is 1. The van der Waals surface area contributed by atoms with Crippen LogP contribution in [0, 0.1) is 10.1 Å². The van der Waals surface area contributed by atoms with Crippen molar-refractivity contribution in [3.05, 3.63) is 63.7 Å². The lowest BCUT2D eigenvalue weighted by atomic mass is 10.1. The minimum atomic E-state index is -3.83. The minimum absolute atomic E-state index is 0.0397. The smallest absolute Gasteiger partial charge is 0.294 e. The molecule has 0 saturated carbocycles. The summed E-state index contributed by atoms with van der Waals surface area (Å²) in [7, 11) is -3.83. The van der Waals surface area contributed by atoms with E-state index in [1.807, 2.05) is 0 Å². The topological polar surface area (TPSA) is 122 Å². The summed E-state index contributed by atoms with van der Waals surface area (Å²) in [6.07, 6.45) is 0.0918. The fraction of sp³-hybridized carbons (Fsp3) is 0.263. The van der Waals surface area contributed by atoms with Crippen LogP contribution in [0.3, 0.4) is 0 Å². The molecule has 0 heterocycles. The number of nitro benzene ring substituents is 1. The molecule has 0 aliphatic heterocycles. The molecule has 2 aromatic carbocycles. The Morgan fingerprint density at radius 1 is 1.14 bits per heavy atom. The van der Waals surface area contributed by atoms with E-state index in [9.17, 15) is 23.3 Å². The molecule has 29 heavy (non-hydrogen) atoms. The van der Waals surface area contributed by atoms with Gasteiger partial charge in [-0.25, -0.2) is 8.42 Å². The molecule has 0 radical (unpaired) electrons. The highest BCUT2D eigenvalue weighted by atomic mass is 32.2. The summed E-state index contributed by atoms with van der Waals surface area (Å²) in [4.78, 5) is 22.7. The van der Waals surface area contributed by atoms with Gasteiger partial charge in [-0.3, -0.25) is 20.3 Å². The standard InChI is InChI=1S/C19H20N4O5S/c1-3-22(4-2)29(27,28)13-9-10-16(18(11-13)23(25)26)20-21-17-12-19(24)15-8-6-5-7-14(15)17/h5-11,20H,3-4,12H2,1-2H3/b21-17-. The van der Waals surface area contributed by atoms with Crippen molar-refractivity contribution in [1.82, 2.24) is 4.31 Å². The first-order valence-electron chi connectivity index (χ1n) is 9.03. The summed E-state index contributed by atoms with van der Waals surface area (Å²) in [6.45, 7) is 3.91. The first-order valence-corrected chi connectivity index (χ1v) is 10.5. The zero-order valence-electron chi connectivity index (χ0n) is 16.0. The second kappa shape index (κ2) is 8.10. The molecule has 2 aromatic rings. The Hall–Kier alpha value is -3.11. The third-order valence-corrected chi connectivity index (χ3v) is 6.73. The predicted molar refractivity (Wildman–Crippen MR) is 109 cm³/mol. The van der Waals surface area contributed by atoms with Gasteiger partial charge in [-0.2, -0.15) is 9.41 Å². The molecule has 0 amide bonds. The number of nitrogens with one attached hydrogen (secondary N) is 1. The van der Waals surface area contributed by atoms with Gasteiger partial charge in [0.1, 0.15) is 5.69 Å². The lowest BCUT2D eigenvalue weighted by Crippen LogP contribution is -2.30. The Bertz CT molecular complexity index is 1110. The van der Waals surface area contributed by atoms with E-state index >= 15 is 0 Å². The van der Waals surface area contributed by atoms with Gasteiger partial charge in [0.05, 0.1) is 22.0 Å². The molecule has 0 bridgehead atoms. The molecule has 0 spiro atoms. The second-order valence-electron chi connectivity index (χ2n) is 6.34. The minimum Gasteiger partial charge on any atom is -0.294 e. The Kier molecular flexibility index (Phi) is 5.76. The van der Waals surface area contributed by atoms with Crippen LogP contribution in [0.25, 0.3) is 0 Å². The summed E-state index contributed by atoms with van der Waals surface area (Å²) in [6, 6.07) is 10.6. The van der Waals surface area contributed by atoms with E-state index in [0.29, 0.717) is 16.8 Å². The average molecular weight is 416 g/mol. The molecule has 0 saturated heterocycles. The number of carbonyl (C=O) groups excluding carboxylic acids is 1. The van der Waals surface area contributed by atoms with Crippen LogP contribution in [0.5, 0.6) is 0 Å². The maximum absolute atomic E-state index is 12.6. The van der Waals surface area contributed by atoms with Crippen LogP contribution in [0.2, 0.25) is 0 Å². The number of nitrogens with zero attached hydrogens (tertiary/aromatic N) is 3. The van der Waals surface area contributed by atoms with Crippen molar-refractivity contribution in [3.63, 3.8) is 0 Å². The third-order valence-electron chi connectivity index (χ3n) is 4.69. The number of fused-ring (bicyclic) bond motifs is 1. The number of nitro groups is 1. The van der Waals surface area contributed by atoms with E-state index in [1.165, 1.54) is 16.4 Å². The first-order chi connectivity index (χ1) is 13.8. The van der Waals surface area contributed by atoms with E-state index in [2.05, 4.69) is 10.5 Å². The Morgan fingerprint density at radius 3 is 2.41 bits per heavy atom. The molecule has 9 nitrogen and oxygen atoms in total. The number of ketones is 1. The van der Waals surface area contributed by atoms with Crippen molar-refractivity contribution < 1.29 is 18.1 Å². The molecule has 1 aliphatic carbocycles. The number of hydrogen-bond donors (Lipinski definition) is 1.